The molecule has 7 nitrogen and oxygen atoms in total. The Labute approximate surface area is 141 Å². The van der Waals surface area contributed by atoms with Crippen molar-refractivity contribution in [1.29, 1.82) is 0 Å². The van der Waals surface area contributed by atoms with Gasteiger partial charge >= 0.3 is 0 Å². The summed E-state index contributed by atoms with van der Waals surface area (Å²) < 4.78 is 1.71. The second kappa shape index (κ2) is 6.47. The number of amides is 1. The summed E-state index contributed by atoms with van der Waals surface area (Å²) in [6.07, 6.45) is 6.16. The molecule has 0 atom stereocenters. The van der Waals surface area contributed by atoms with Crippen LogP contribution in [-0.4, -0.2) is 54.7 Å². The van der Waals surface area contributed by atoms with Gasteiger partial charge in [0.25, 0.3) is 5.78 Å². The molecule has 2 heterocycles. The third-order valence-corrected chi connectivity index (χ3v) is 5.07. The van der Waals surface area contributed by atoms with Gasteiger partial charge in [-0.1, -0.05) is 12.8 Å². The number of aryl methyl sites for hydroxylation is 2. The predicted octanol–water partition coefficient (Wildman–Crippen LogP) is 1.44. The lowest BCUT2D eigenvalue weighted by molar-refractivity contribution is -0.133. The molecule has 1 saturated carbocycles. The minimum absolute atomic E-state index is 0.0489. The first-order valence-electron chi connectivity index (χ1n) is 8.52. The minimum atomic E-state index is -0.697. The zero-order valence-corrected chi connectivity index (χ0v) is 14.6. The summed E-state index contributed by atoms with van der Waals surface area (Å²) in [6.45, 7) is 4.33. The fourth-order valence-corrected chi connectivity index (χ4v) is 3.66. The fraction of sp³-hybridized carbons (Fsp3) is 0.647. The summed E-state index contributed by atoms with van der Waals surface area (Å²) >= 11 is 0. The van der Waals surface area contributed by atoms with Gasteiger partial charge in [0.05, 0.1) is 5.60 Å². The Morgan fingerprint density at radius 3 is 2.79 bits per heavy atom. The van der Waals surface area contributed by atoms with Crippen LogP contribution in [0, 0.1) is 13.8 Å². The zero-order chi connectivity index (χ0) is 17.3. The summed E-state index contributed by atoms with van der Waals surface area (Å²) in [7, 11) is 1.78. The number of rotatable bonds is 5. The molecule has 0 spiro atoms. The number of aliphatic hydroxyl groups is 1. The quantitative estimate of drug-likeness (QED) is 0.896. The first-order valence-corrected chi connectivity index (χ1v) is 8.52. The average molecular weight is 331 g/mol. The van der Waals surface area contributed by atoms with Crippen LogP contribution >= 0.6 is 0 Å². The third kappa shape index (κ3) is 3.26. The molecule has 1 aliphatic rings. The Bertz CT molecular complexity index is 749. The van der Waals surface area contributed by atoms with Gasteiger partial charge in [0, 0.05) is 31.4 Å². The second-order valence-corrected chi connectivity index (χ2v) is 6.91. The first kappa shape index (κ1) is 16.8. The number of hydrogen-bond acceptors (Lipinski definition) is 5. The highest BCUT2D eigenvalue weighted by atomic mass is 16.3. The van der Waals surface area contributed by atoms with Crippen LogP contribution < -0.4 is 0 Å². The van der Waals surface area contributed by atoms with Crippen LogP contribution in [0.4, 0.5) is 0 Å². The van der Waals surface area contributed by atoms with Gasteiger partial charge in [-0.25, -0.2) is 9.50 Å². The smallest absolute Gasteiger partial charge is 0.252 e. The van der Waals surface area contributed by atoms with Crippen molar-refractivity contribution in [2.45, 2.75) is 58.0 Å². The Balaban J connectivity index is 1.65. The van der Waals surface area contributed by atoms with Gasteiger partial charge in [-0.05, 0) is 38.7 Å². The van der Waals surface area contributed by atoms with Crippen molar-refractivity contribution in [1.82, 2.24) is 24.5 Å². The maximum atomic E-state index is 12.4. The van der Waals surface area contributed by atoms with Crippen molar-refractivity contribution < 1.29 is 9.90 Å². The van der Waals surface area contributed by atoms with E-state index in [2.05, 4.69) is 15.1 Å². The Kier molecular flexibility index (Phi) is 4.54. The van der Waals surface area contributed by atoms with Gasteiger partial charge < -0.3 is 10.0 Å². The minimum Gasteiger partial charge on any atom is -0.388 e. The van der Waals surface area contributed by atoms with E-state index in [4.69, 9.17) is 0 Å². The molecule has 7 heteroatoms. The molecular weight excluding hydrogens is 306 g/mol. The van der Waals surface area contributed by atoms with E-state index in [1.54, 1.807) is 16.5 Å². The number of fused-ring (bicyclic) bond motifs is 1. The van der Waals surface area contributed by atoms with E-state index in [0.29, 0.717) is 25.2 Å². The fourth-order valence-electron chi connectivity index (χ4n) is 3.66. The molecule has 0 bridgehead atoms. The molecule has 1 fully saturated rings. The van der Waals surface area contributed by atoms with Crippen LogP contribution in [0.2, 0.25) is 0 Å². The van der Waals surface area contributed by atoms with E-state index in [0.717, 1.165) is 42.6 Å². The zero-order valence-electron chi connectivity index (χ0n) is 14.6. The molecular formula is C17H25N5O2. The highest BCUT2D eigenvalue weighted by molar-refractivity contribution is 5.76. The Morgan fingerprint density at radius 1 is 1.38 bits per heavy atom. The van der Waals surface area contributed by atoms with Crippen molar-refractivity contribution in [2.24, 2.45) is 0 Å². The van der Waals surface area contributed by atoms with Crippen molar-refractivity contribution >= 4 is 11.7 Å². The SMILES string of the molecule is Cc1nc2ncnn2c(C)c1CCC(=O)N(C)CC1(O)CCCC1. The molecule has 2 aromatic rings. The largest absolute Gasteiger partial charge is 0.388 e. The molecule has 2 aromatic heterocycles. The van der Waals surface area contributed by atoms with Crippen molar-refractivity contribution in [3.63, 3.8) is 0 Å². The molecule has 130 valence electrons. The van der Waals surface area contributed by atoms with Gasteiger partial charge in [0.1, 0.15) is 6.33 Å². The molecule has 1 aliphatic carbocycles. The number of hydrogen-bond donors (Lipinski definition) is 1. The van der Waals surface area contributed by atoms with Crippen molar-refractivity contribution in [3.8, 4) is 0 Å². The van der Waals surface area contributed by atoms with E-state index in [1.165, 1.54) is 6.33 Å². The van der Waals surface area contributed by atoms with Crippen LogP contribution in [0.15, 0.2) is 6.33 Å². The topological polar surface area (TPSA) is 83.6 Å². The first-order chi connectivity index (χ1) is 11.4. The second-order valence-electron chi connectivity index (χ2n) is 6.91. The molecule has 0 aliphatic heterocycles. The van der Waals surface area contributed by atoms with Crippen LogP contribution in [0.3, 0.4) is 0 Å². The Morgan fingerprint density at radius 2 is 2.08 bits per heavy atom. The summed E-state index contributed by atoms with van der Waals surface area (Å²) in [6, 6.07) is 0. The van der Waals surface area contributed by atoms with Gasteiger partial charge in [-0.15, -0.1) is 0 Å². The predicted molar refractivity (Wildman–Crippen MR) is 89.6 cm³/mol. The lowest BCUT2D eigenvalue weighted by Gasteiger charge is -2.28. The summed E-state index contributed by atoms with van der Waals surface area (Å²) in [4.78, 5) is 22.7. The lowest BCUT2D eigenvalue weighted by atomic mass is 10.0. The number of likely N-dealkylation sites (N-methyl/N-ethyl adjacent to an activating group) is 1. The van der Waals surface area contributed by atoms with Gasteiger partial charge in [-0.2, -0.15) is 10.1 Å². The maximum absolute atomic E-state index is 12.4. The lowest BCUT2D eigenvalue weighted by Crippen LogP contribution is -2.42. The highest BCUT2D eigenvalue weighted by Gasteiger charge is 2.33. The molecule has 1 N–H and O–H groups in total. The van der Waals surface area contributed by atoms with Crippen molar-refractivity contribution in [3.05, 3.63) is 23.3 Å². The van der Waals surface area contributed by atoms with Crippen LogP contribution in [0.1, 0.15) is 49.1 Å². The number of nitrogens with zero attached hydrogens (tertiary/aromatic N) is 5. The van der Waals surface area contributed by atoms with E-state index in [-0.39, 0.29) is 5.91 Å². The van der Waals surface area contributed by atoms with Crippen LogP contribution in [0.5, 0.6) is 0 Å². The summed E-state index contributed by atoms with van der Waals surface area (Å²) in [5.74, 6) is 0.633. The molecule has 0 saturated heterocycles. The molecule has 24 heavy (non-hydrogen) atoms. The third-order valence-electron chi connectivity index (χ3n) is 5.07. The Hall–Kier alpha value is -2.02. The summed E-state index contributed by atoms with van der Waals surface area (Å²) in [5, 5.41) is 14.6. The van der Waals surface area contributed by atoms with Gasteiger partial charge in [0.2, 0.25) is 5.91 Å². The standard InChI is InChI=1S/C17H25N5O2/c1-12-14(13(2)22-16(20-12)18-11-19-22)6-7-15(23)21(3)10-17(24)8-4-5-9-17/h11,24H,4-10H2,1-3H3. The maximum Gasteiger partial charge on any atom is 0.252 e. The van der Waals surface area contributed by atoms with Crippen molar-refractivity contribution in [2.75, 3.05) is 13.6 Å². The van der Waals surface area contributed by atoms with Crippen LogP contribution in [-0.2, 0) is 11.2 Å². The number of aromatic nitrogens is 4. The molecule has 0 aromatic carbocycles. The van der Waals surface area contributed by atoms with E-state index in [9.17, 15) is 9.90 Å². The molecule has 3 rings (SSSR count). The van der Waals surface area contributed by atoms with Gasteiger partial charge in [0.15, 0.2) is 0 Å². The average Bonchev–Trinajstić information content (AvgIpc) is 3.15. The normalized spacial score (nSPS) is 16.7. The van der Waals surface area contributed by atoms with E-state index in [1.807, 2.05) is 13.8 Å². The van der Waals surface area contributed by atoms with E-state index < -0.39 is 5.60 Å². The monoisotopic (exact) mass is 331 g/mol. The number of carbonyl (C=O) groups excluding carboxylic acids is 1. The molecule has 0 radical (unpaired) electrons. The summed E-state index contributed by atoms with van der Waals surface area (Å²) in [5.41, 5.74) is 2.20. The molecule has 1 amide bonds. The van der Waals surface area contributed by atoms with E-state index >= 15 is 0 Å². The molecule has 0 unspecified atom stereocenters. The van der Waals surface area contributed by atoms with Crippen LogP contribution in [0.25, 0.3) is 5.78 Å². The highest BCUT2D eigenvalue weighted by Crippen LogP contribution is 2.30. The number of carbonyl (C=O) groups is 1. The van der Waals surface area contributed by atoms with Gasteiger partial charge in [-0.3, -0.25) is 4.79 Å².